The lowest BCUT2D eigenvalue weighted by molar-refractivity contribution is -0.970. The molecule has 0 aromatic carbocycles. The molecule has 100 valence electrons. The van der Waals surface area contributed by atoms with E-state index in [4.69, 9.17) is 0 Å². The maximum Gasteiger partial charge on any atom is 0.0983 e. The molecule has 0 aromatic heterocycles. The zero-order chi connectivity index (χ0) is 12.3. The number of hydrogen-bond donors (Lipinski definition) is 2. The summed E-state index contributed by atoms with van der Waals surface area (Å²) in [7, 11) is 0. The van der Waals surface area contributed by atoms with Gasteiger partial charge in [-0.3, -0.25) is 0 Å². The summed E-state index contributed by atoms with van der Waals surface area (Å²) in [6, 6.07) is 1.88. The Kier molecular flexibility index (Phi) is 4.87. The molecule has 0 spiro atoms. The van der Waals surface area contributed by atoms with Crippen LogP contribution in [0.4, 0.5) is 0 Å². The Balaban J connectivity index is 1.75. The Morgan fingerprint density at radius 3 is 2.12 bits per heavy atom. The fourth-order valence-corrected chi connectivity index (χ4v) is 3.72. The minimum atomic E-state index is 0.882. The topological polar surface area (TPSA) is 8.88 Å². The molecule has 17 heavy (non-hydrogen) atoms. The van der Waals surface area contributed by atoms with Gasteiger partial charge in [0.1, 0.15) is 0 Å². The summed E-state index contributed by atoms with van der Waals surface area (Å²) < 4.78 is 0. The van der Waals surface area contributed by atoms with Crippen molar-refractivity contribution < 1.29 is 9.80 Å². The number of likely N-dealkylation sites (tertiary alicyclic amines) is 2. The molecule has 2 saturated heterocycles. The van der Waals surface area contributed by atoms with Gasteiger partial charge in [-0.1, -0.05) is 13.8 Å². The fraction of sp³-hybridized carbons (Fsp3) is 1.00. The van der Waals surface area contributed by atoms with Gasteiger partial charge in [-0.15, -0.1) is 0 Å². The van der Waals surface area contributed by atoms with Crippen LogP contribution in [0, 0.1) is 5.92 Å². The first-order valence-electron chi connectivity index (χ1n) is 7.89. The molecule has 2 heteroatoms. The molecular weight excluding hydrogens is 208 g/mol. The third-order valence-electron chi connectivity index (χ3n) is 5.43. The van der Waals surface area contributed by atoms with Crippen LogP contribution in [0.15, 0.2) is 0 Å². The van der Waals surface area contributed by atoms with Crippen LogP contribution >= 0.6 is 0 Å². The van der Waals surface area contributed by atoms with Gasteiger partial charge < -0.3 is 9.80 Å². The fourth-order valence-electron chi connectivity index (χ4n) is 3.72. The molecule has 0 saturated carbocycles. The average Bonchev–Trinajstić information content (AvgIpc) is 2.39. The highest BCUT2D eigenvalue weighted by Gasteiger charge is 2.33. The van der Waals surface area contributed by atoms with Crippen LogP contribution < -0.4 is 9.80 Å². The number of piperidine rings is 2. The second kappa shape index (κ2) is 6.19. The molecule has 2 fully saturated rings. The molecular formula is C15H32N2+2. The average molecular weight is 240 g/mol. The van der Waals surface area contributed by atoms with Gasteiger partial charge in [0.25, 0.3) is 0 Å². The number of nitrogens with one attached hydrogen (secondary N) is 2. The van der Waals surface area contributed by atoms with Crippen LogP contribution in [-0.2, 0) is 0 Å². The maximum absolute atomic E-state index is 2.42. The Labute approximate surface area is 107 Å². The highest BCUT2D eigenvalue weighted by Crippen LogP contribution is 2.08. The molecule has 2 aliphatic heterocycles. The minimum absolute atomic E-state index is 0.882. The second-order valence-electron chi connectivity index (χ2n) is 6.58. The summed E-state index contributed by atoms with van der Waals surface area (Å²) in [6.07, 6.45) is 7.22. The summed E-state index contributed by atoms with van der Waals surface area (Å²) in [6.45, 7) is 12.9. The predicted octanol–water partition coefficient (Wildman–Crippen LogP) is 0.147. The van der Waals surface area contributed by atoms with Crippen LogP contribution in [0.2, 0.25) is 0 Å². The molecule has 0 radical (unpaired) electrons. The van der Waals surface area contributed by atoms with Gasteiger partial charge in [0.15, 0.2) is 0 Å². The van der Waals surface area contributed by atoms with E-state index in [0.29, 0.717) is 0 Å². The number of quaternary nitrogens is 2. The number of hydrogen-bond acceptors (Lipinski definition) is 0. The van der Waals surface area contributed by atoms with Gasteiger partial charge in [-0.2, -0.15) is 0 Å². The summed E-state index contributed by atoms with van der Waals surface area (Å²) in [5.74, 6) is 0.990. The van der Waals surface area contributed by atoms with Crippen molar-refractivity contribution in [3.63, 3.8) is 0 Å². The van der Waals surface area contributed by atoms with E-state index in [-0.39, 0.29) is 0 Å². The first kappa shape index (κ1) is 13.4. The van der Waals surface area contributed by atoms with Gasteiger partial charge in [-0.05, 0) is 32.1 Å². The van der Waals surface area contributed by atoms with Gasteiger partial charge >= 0.3 is 0 Å². The summed E-state index contributed by atoms with van der Waals surface area (Å²) >= 11 is 0. The first-order valence-corrected chi connectivity index (χ1v) is 7.89. The van der Waals surface area contributed by atoms with E-state index >= 15 is 0 Å². The molecule has 0 unspecified atom stereocenters. The third kappa shape index (κ3) is 3.45. The van der Waals surface area contributed by atoms with Crippen molar-refractivity contribution in [1.82, 2.24) is 0 Å². The van der Waals surface area contributed by atoms with Crippen molar-refractivity contribution in [2.75, 3.05) is 26.2 Å². The second-order valence-corrected chi connectivity index (χ2v) is 6.58. The van der Waals surface area contributed by atoms with Crippen LogP contribution in [0.1, 0.15) is 52.9 Å². The molecule has 0 aromatic rings. The normalized spacial score (nSPS) is 41.1. The first-order chi connectivity index (χ1) is 8.20. The minimum Gasteiger partial charge on any atom is -0.332 e. The standard InChI is InChI=1S/C15H30N2/c1-4-14(3)16-11-7-15(8-12-16)17-9-5-13(2)6-10-17/h13-15H,4-12H2,1-3H3/p+2/t14-/m0/s1. The Morgan fingerprint density at radius 1 is 1.00 bits per heavy atom. The van der Waals surface area contributed by atoms with Crippen molar-refractivity contribution in [1.29, 1.82) is 0 Å². The van der Waals surface area contributed by atoms with E-state index in [1.54, 1.807) is 0 Å². The lowest BCUT2D eigenvalue weighted by Crippen LogP contribution is -3.22. The van der Waals surface area contributed by atoms with Gasteiger partial charge in [-0.25, -0.2) is 0 Å². The molecule has 1 atom stereocenters. The highest BCUT2D eigenvalue weighted by atomic mass is 15.2. The molecule has 2 heterocycles. The molecule has 0 bridgehead atoms. The molecule has 0 amide bonds. The molecule has 0 aliphatic carbocycles. The number of rotatable bonds is 3. The van der Waals surface area contributed by atoms with E-state index < -0.39 is 0 Å². The zero-order valence-electron chi connectivity index (χ0n) is 12.1. The van der Waals surface area contributed by atoms with Crippen molar-refractivity contribution in [2.24, 2.45) is 5.92 Å². The van der Waals surface area contributed by atoms with Crippen molar-refractivity contribution >= 4 is 0 Å². The van der Waals surface area contributed by atoms with Crippen molar-refractivity contribution in [2.45, 2.75) is 65.0 Å². The van der Waals surface area contributed by atoms with Crippen molar-refractivity contribution in [3.8, 4) is 0 Å². The van der Waals surface area contributed by atoms with Gasteiger partial charge in [0, 0.05) is 12.8 Å². The van der Waals surface area contributed by atoms with E-state index in [0.717, 1.165) is 18.0 Å². The molecule has 2 nitrogen and oxygen atoms in total. The highest BCUT2D eigenvalue weighted by molar-refractivity contribution is 4.65. The van der Waals surface area contributed by atoms with Crippen LogP contribution in [0.5, 0.6) is 0 Å². The van der Waals surface area contributed by atoms with Crippen LogP contribution in [0.25, 0.3) is 0 Å². The smallest absolute Gasteiger partial charge is 0.0983 e. The Bertz CT molecular complexity index is 213. The summed E-state index contributed by atoms with van der Waals surface area (Å²) in [4.78, 5) is 3.81. The quantitative estimate of drug-likeness (QED) is 0.695. The van der Waals surface area contributed by atoms with Gasteiger partial charge in [0.05, 0.1) is 38.3 Å². The van der Waals surface area contributed by atoms with E-state index in [1.165, 1.54) is 58.3 Å². The predicted molar refractivity (Wildman–Crippen MR) is 72.6 cm³/mol. The monoisotopic (exact) mass is 240 g/mol. The molecule has 2 aliphatic rings. The summed E-state index contributed by atoms with van der Waals surface area (Å²) in [5.41, 5.74) is 0. The molecule has 2 N–H and O–H groups in total. The Morgan fingerprint density at radius 2 is 1.59 bits per heavy atom. The lowest BCUT2D eigenvalue weighted by Gasteiger charge is -2.38. The maximum atomic E-state index is 2.42. The van der Waals surface area contributed by atoms with E-state index in [9.17, 15) is 0 Å². The van der Waals surface area contributed by atoms with Crippen molar-refractivity contribution in [3.05, 3.63) is 0 Å². The molecule has 2 rings (SSSR count). The van der Waals surface area contributed by atoms with Gasteiger partial charge in [0.2, 0.25) is 0 Å². The Hall–Kier alpha value is -0.0800. The van der Waals surface area contributed by atoms with E-state index in [1.807, 2.05) is 9.80 Å². The third-order valence-corrected chi connectivity index (χ3v) is 5.43. The summed E-state index contributed by atoms with van der Waals surface area (Å²) in [5, 5.41) is 0. The lowest BCUT2D eigenvalue weighted by atomic mass is 9.94. The van der Waals surface area contributed by atoms with Crippen LogP contribution in [0.3, 0.4) is 0 Å². The van der Waals surface area contributed by atoms with Crippen LogP contribution in [-0.4, -0.2) is 38.3 Å². The zero-order valence-corrected chi connectivity index (χ0v) is 12.1. The van der Waals surface area contributed by atoms with E-state index in [2.05, 4.69) is 20.8 Å². The largest absolute Gasteiger partial charge is 0.332 e. The SMILES string of the molecule is CC[C@H](C)[NH+]1CCC([NH+]2CCC(C)CC2)CC1.